The Labute approximate surface area is 141 Å². The lowest BCUT2D eigenvalue weighted by Crippen LogP contribution is -2.39. The highest BCUT2D eigenvalue weighted by Crippen LogP contribution is 2.45. The minimum Gasteiger partial charge on any atom is -0.508 e. The number of hydrogen-bond donors (Lipinski definition) is 2. The zero-order valence-corrected chi connectivity index (χ0v) is 14.0. The predicted octanol–water partition coefficient (Wildman–Crippen LogP) is 3.53. The lowest BCUT2D eigenvalue weighted by Gasteiger charge is -2.28. The lowest BCUT2D eigenvalue weighted by molar-refractivity contribution is -0.0230. The fourth-order valence-electron chi connectivity index (χ4n) is 3.49. The van der Waals surface area contributed by atoms with Crippen LogP contribution in [0.1, 0.15) is 43.1 Å². The fourth-order valence-corrected chi connectivity index (χ4v) is 3.49. The van der Waals surface area contributed by atoms with E-state index < -0.39 is 5.60 Å². The largest absolute Gasteiger partial charge is 0.508 e. The molecule has 0 radical (unpaired) electrons. The summed E-state index contributed by atoms with van der Waals surface area (Å²) in [5.74, 6) is 1.98. The summed E-state index contributed by atoms with van der Waals surface area (Å²) < 4.78 is 12.2. The van der Waals surface area contributed by atoms with E-state index in [0.29, 0.717) is 6.42 Å². The zero-order valence-electron chi connectivity index (χ0n) is 14.0. The first-order valence-corrected chi connectivity index (χ1v) is 8.41. The Hall–Kier alpha value is -2.20. The van der Waals surface area contributed by atoms with Crippen LogP contribution in [0.3, 0.4) is 0 Å². The molecule has 4 heteroatoms. The summed E-state index contributed by atoms with van der Waals surface area (Å²) >= 11 is 0. The van der Waals surface area contributed by atoms with Crippen molar-refractivity contribution in [2.75, 3.05) is 0 Å². The van der Waals surface area contributed by atoms with Crippen LogP contribution in [-0.2, 0) is 12.8 Å². The van der Waals surface area contributed by atoms with E-state index in [0.717, 1.165) is 35.5 Å². The highest BCUT2D eigenvalue weighted by atomic mass is 16.5. The maximum Gasteiger partial charge on any atom is 0.131 e. The summed E-state index contributed by atoms with van der Waals surface area (Å²) in [6.45, 7) is 3.55. The molecule has 0 aliphatic carbocycles. The molecule has 2 heterocycles. The molecule has 4 rings (SSSR count). The lowest BCUT2D eigenvalue weighted by atomic mass is 9.92. The molecular formula is C20H22O4. The van der Waals surface area contributed by atoms with Gasteiger partial charge in [0.25, 0.3) is 0 Å². The molecule has 2 aromatic rings. The number of fused-ring (bicyclic) bond motifs is 3. The SMILES string of the molecule is CC(C)(O)C1Cc2c(ccc3c2OC(c2ccc(O)cc2)CC3)O1. The number of rotatable bonds is 2. The van der Waals surface area contributed by atoms with E-state index in [9.17, 15) is 10.2 Å². The summed E-state index contributed by atoms with van der Waals surface area (Å²) in [5, 5.41) is 19.7. The molecule has 2 atom stereocenters. The molecule has 0 spiro atoms. The molecule has 0 fully saturated rings. The Kier molecular flexibility index (Phi) is 3.46. The van der Waals surface area contributed by atoms with E-state index in [1.54, 1.807) is 26.0 Å². The van der Waals surface area contributed by atoms with Gasteiger partial charge in [-0.05, 0) is 56.0 Å². The van der Waals surface area contributed by atoms with Gasteiger partial charge in [-0.15, -0.1) is 0 Å². The Balaban J connectivity index is 1.65. The van der Waals surface area contributed by atoms with Gasteiger partial charge in [-0.3, -0.25) is 0 Å². The summed E-state index contributed by atoms with van der Waals surface area (Å²) in [7, 11) is 0. The van der Waals surface area contributed by atoms with Gasteiger partial charge in [0.2, 0.25) is 0 Å². The summed E-state index contributed by atoms with van der Waals surface area (Å²) in [6, 6.07) is 11.3. The molecule has 0 saturated heterocycles. The normalized spacial score (nSPS) is 22.3. The van der Waals surface area contributed by atoms with E-state index in [1.807, 2.05) is 18.2 Å². The van der Waals surface area contributed by atoms with E-state index in [2.05, 4.69) is 6.07 Å². The van der Waals surface area contributed by atoms with E-state index in [4.69, 9.17) is 9.47 Å². The highest BCUT2D eigenvalue weighted by Gasteiger charge is 2.38. The third kappa shape index (κ3) is 2.61. The van der Waals surface area contributed by atoms with E-state index >= 15 is 0 Å². The molecule has 0 amide bonds. The van der Waals surface area contributed by atoms with Crippen LogP contribution in [0.25, 0.3) is 0 Å². The first-order chi connectivity index (χ1) is 11.4. The first kappa shape index (κ1) is 15.3. The fraction of sp³-hybridized carbons (Fsp3) is 0.400. The maximum atomic E-state index is 10.3. The Morgan fingerprint density at radius 3 is 2.50 bits per heavy atom. The van der Waals surface area contributed by atoms with Gasteiger partial charge >= 0.3 is 0 Å². The molecule has 2 aromatic carbocycles. The average molecular weight is 326 g/mol. The molecule has 126 valence electrons. The van der Waals surface area contributed by atoms with Crippen LogP contribution in [0.5, 0.6) is 17.2 Å². The molecule has 0 aromatic heterocycles. The van der Waals surface area contributed by atoms with Crippen molar-refractivity contribution in [2.24, 2.45) is 0 Å². The van der Waals surface area contributed by atoms with Crippen LogP contribution in [0.4, 0.5) is 0 Å². The highest BCUT2D eigenvalue weighted by molar-refractivity contribution is 5.54. The van der Waals surface area contributed by atoms with Gasteiger partial charge in [0.1, 0.15) is 29.5 Å². The molecule has 24 heavy (non-hydrogen) atoms. The van der Waals surface area contributed by atoms with Gasteiger partial charge in [0, 0.05) is 12.0 Å². The van der Waals surface area contributed by atoms with E-state index in [1.165, 1.54) is 5.56 Å². The van der Waals surface area contributed by atoms with Crippen molar-refractivity contribution in [3.63, 3.8) is 0 Å². The van der Waals surface area contributed by atoms with Gasteiger partial charge in [0.15, 0.2) is 0 Å². The average Bonchev–Trinajstić information content (AvgIpc) is 3.00. The van der Waals surface area contributed by atoms with Crippen LogP contribution >= 0.6 is 0 Å². The van der Waals surface area contributed by atoms with Crippen molar-refractivity contribution in [1.82, 2.24) is 0 Å². The minimum atomic E-state index is -0.892. The number of phenolic OH excluding ortho intramolecular Hbond substituents is 1. The topological polar surface area (TPSA) is 58.9 Å². The van der Waals surface area contributed by atoms with Crippen molar-refractivity contribution in [3.05, 3.63) is 53.1 Å². The molecule has 2 aliphatic rings. The van der Waals surface area contributed by atoms with Crippen LogP contribution in [0, 0.1) is 0 Å². The summed E-state index contributed by atoms with van der Waals surface area (Å²) in [5.41, 5.74) is 2.43. The van der Waals surface area contributed by atoms with Crippen LogP contribution in [0.2, 0.25) is 0 Å². The summed E-state index contributed by atoms with van der Waals surface area (Å²) in [4.78, 5) is 0. The summed E-state index contributed by atoms with van der Waals surface area (Å²) in [6.07, 6.45) is 2.24. The Morgan fingerprint density at radius 1 is 1.04 bits per heavy atom. The van der Waals surface area contributed by atoms with Gasteiger partial charge in [-0.25, -0.2) is 0 Å². The van der Waals surface area contributed by atoms with Crippen molar-refractivity contribution in [2.45, 2.75) is 50.9 Å². The standard InChI is InChI=1S/C20H22O4/c1-20(2,22)18-11-15-17(23-18)10-6-13-5-9-16(24-19(13)15)12-3-7-14(21)8-4-12/h3-4,6-8,10,16,18,21-22H,5,9,11H2,1-2H3. The van der Waals surface area contributed by atoms with Gasteiger partial charge in [0.05, 0.1) is 5.60 Å². The number of aromatic hydroxyl groups is 1. The maximum absolute atomic E-state index is 10.3. The van der Waals surface area contributed by atoms with Crippen LogP contribution < -0.4 is 9.47 Å². The minimum absolute atomic E-state index is 0.0224. The second-order valence-electron chi connectivity index (χ2n) is 7.23. The second kappa shape index (κ2) is 5.42. The molecule has 4 nitrogen and oxygen atoms in total. The number of aryl methyl sites for hydroxylation is 1. The van der Waals surface area contributed by atoms with Gasteiger partial charge in [-0.1, -0.05) is 18.2 Å². The zero-order chi connectivity index (χ0) is 16.9. The number of hydrogen-bond acceptors (Lipinski definition) is 4. The number of aliphatic hydroxyl groups is 1. The van der Waals surface area contributed by atoms with Crippen LogP contribution in [-0.4, -0.2) is 21.9 Å². The molecule has 2 aliphatic heterocycles. The molecule has 2 N–H and O–H groups in total. The Morgan fingerprint density at radius 2 is 1.79 bits per heavy atom. The monoisotopic (exact) mass is 326 g/mol. The predicted molar refractivity (Wildman–Crippen MR) is 90.7 cm³/mol. The number of phenols is 1. The third-order valence-corrected chi connectivity index (χ3v) is 4.95. The Bertz CT molecular complexity index is 758. The smallest absolute Gasteiger partial charge is 0.131 e. The first-order valence-electron chi connectivity index (χ1n) is 8.41. The quantitative estimate of drug-likeness (QED) is 0.886. The van der Waals surface area contributed by atoms with Gasteiger partial charge in [-0.2, -0.15) is 0 Å². The second-order valence-corrected chi connectivity index (χ2v) is 7.23. The van der Waals surface area contributed by atoms with Crippen molar-refractivity contribution in [3.8, 4) is 17.2 Å². The number of benzene rings is 2. The van der Waals surface area contributed by atoms with Crippen LogP contribution in [0.15, 0.2) is 36.4 Å². The van der Waals surface area contributed by atoms with Crippen molar-refractivity contribution < 1.29 is 19.7 Å². The molecule has 2 unspecified atom stereocenters. The molecular weight excluding hydrogens is 304 g/mol. The number of ether oxygens (including phenoxy) is 2. The third-order valence-electron chi connectivity index (χ3n) is 4.95. The molecule has 0 saturated carbocycles. The van der Waals surface area contributed by atoms with Crippen molar-refractivity contribution >= 4 is 0 Å². The van der Waals surface area contributed by atoms with Gasteiger partial charge < -0.3 is 19.7 Å². The molecule has 0 bridgehead atoms. The van der Waals surface area contributed by atoms with E-state index in [-0.39, 0.29) is 18.0 Å². The van der Waals surface area contributed by atoms with Crippen molar-refractivity contribution in [1.29, 1.82) is 0 Å².